The Morgan fingerprint density at radius 2 is 1.76 bits per heavy atom. The third-order valence-electron chi connectivity index (χ3n) is 4.33. The molecule has 0 bridgehead atoms. The van der Waals surface area contributed by atoms with Crippen LogP contribution in [0.1, 0.15) is 33.3 Å². The molecule has 0 radical (unpaired) electrons. The van der Waals surface area contributed by atoms with Crippen molar-refractivity contribution < 1.29 is 31.6 Å². The number of nitrogens with two attached hydrogens (primary N) is 1. The van der Waals surface area contributed by atoms with Crippen molar-refractivity contribution >= 4 is 13.2 Å². The van der Waals surface area contributed by atoms with Crippen LogP contribution in [0, 0.1) is 5.82 Å². The van der Waals surface area contributed by atoms with Gasteiger partial charge in [0.15, 0.2) is 0 Å². The summed E-state index contributed by atoms with van der Waals surface area (Å²) in [4.78, 5) is 0. The quantitative estimate of drug-likeness (QED) is 0.657. The molecule has 1 aliphatic rings. The first kappa shape index (κ1) is 19.7. The monoisotopic (exact) mass is 361 g/mol. The second-order valence-corrected chi connectivity index (χ2v) is 6.74. The van der Waals surface area contributed by atoms with E-state index < -0.39 is 36.2 Å². The van der Waals surface area contributed by atoms with E-state index in [1.807, 2.05) is 27.7 Å². The van der Waals surface area contributed by atoms with Gasteiger partial charge in [-0.05, 0) is 51.4 Å². The highest BCUT2D eigenvalue weighted by Gasteiger charge is 2.52. The molecule has 1 aromatic carbocycles. The third kappa shape index (κ3) is 4.53. The molecular weight excluding hydrogens is 341 g/mol. The van der Waals surface area contributed by atoms with Crippen LogP contribution in [-0.2, 0) is 9.31 Å². The van der Waals surface area contributed by atoms with Crippen LogP contribution in [0.25, 0.3) is 6.08 Å². The Morgan fingerprint density at radius 3 is 2.24 bits per heavy atom. The van der Waals surface area contributed by atoms with Gasteiger partial charge in [-0.3, -0.25) is 0 Å². The maximum Gasteiger partial charge on any atom is 0.573 e. The largest absolute Gasteiger partial charge is 0.573 e. The van der Waals surface area contributed by atoms with Gasteiger partial charge in [-0.1, -0.05) is 6.08 Å². The zero-order valence-corrected chi connectivity index (χ0v) is 14.4. The fourth-order valence-corrected chi connectivity index (χ4v) is 2.25. The van der Waals surface area contributed by atoms with Gasteiger partial charge in [0.2, 0.25) is 0 Å². The lowest BCUT2D eigenvalue weighted by molar-refractivity contribution is -0.274. The molecule has 1 saturated heterocycles. The van der Waals surface area contributed by atoms with Crippen LogP contribution in [0.2, 0.25) is 0 Å². The smallest absolute Gasteiger partial charge is 0.406 e. The number of halogens is 4. The molecule has 0 aliphatic carbocycles. The highest BCUT2D eigenvalue weighted by atomic mass is 19.4. The molecule has 2 rings (SSSR count). The molecule has 25 heavy (non-hydrogen) atoms. The normalized spacial score (nSPS) is 20.0. The summed E-state index contributed by atoms with van der Waals surface area (Å²) in [5.41, 5.74) is 4.77. The molecule has 0 aromatic heterocycles. The average molecular weight is 361 g/mol. The lowest BCUT2D eigenvalue weighted by Gasteiger charge is -2.32. The molecule has 0 unspecified atom stereocenters. The van der Waals surface area contributed by atoms with E-state index in [1.165, 1.54) is 6.08 Å². The first-order chi connectivity index (χ1) is 11.3. The summed E-state index contributed by atoms with van der Waals surface area (Å²) >= 11 is 0. The SMILES string of the molecule is CC1(C)OB(C(=Cc2cc(OC(F)(F)F)ccc2F)CN)OC1(C)C. The van der Waals surface area contributed by atoms with Crippen LogP contribution in [0.15, 0.2) is 23.7 Å². The van der Waals surface area contributed by atoms with Gasteiger partial charge in [-0.25, -0.2) is 4.39 Å². The number of rotatable bonds is 4. The summed E-state index contributed by atoms with van der Waals surface area (Å²) in [5.74, 6) is -1.23. The first-order valence-corrected chi connectivity index (χ1v) is 7.66. The lowest BCUT2D eigenvalue weighted by Crippen LogP contribution is -2.41. The van der Waals surface area contributed by atoms with Gasteiger partial charge in [0.05, 0.1) is 11.2 Å². The summed E-state index contributed by atoms with van der Waals surface area (Å²) in [7, 11) is -0.818. The van der Waals surface area contributed by atoms with E-state index in [0.29, 0.717) is 5.47 Å². The Morgan fingerprint density at radius 1 is 1.20 bits per heavy atom. The van der Waals surface area contributed by atoms with Gasteiger partial charge in [0.1, 0.15) is 11.6 Å². The number of hydrogen-bond acceptors (Lipinski definition) is 4. The molecule has 9 heteroatoms. The predicted molar refractivity (Wildman–Crippen MR) is 86.2 cm³/mol. The van der Waals surface area contributed by atoms with E-state index in [4.69, 9.17) is 15.0 Å². The van der Waals surface area contributed by atoms with Crippen molar-refractivity contribution in [3.8, 4) is 5.75 Å². The van der Waals surface area contributed by atoms with E-state index >= 15 is 0 Å². The van der Waals surface area contributed by atoms with E-state index in [9.17, 15) is 17.6 Å². The summed E-state index contributed by atoms with van der Waals surface area (Å²) in [6, 6.07) is 2.74. The minimum absolute atomic E-state index is 0.0133. The van der Waals surface area contributed by atoms with Crippen molar-refractivity contribution in [3.05, 3.63) is 35.1 Å². The highest BCUT2D eigenvalue weighted by molar-refractivity contribution is 6.55. The molecule has 2 N–H and O–H groups in total. The maximum atomic E-state index is 14.0. The summed E-state index contributed by atoms with van der Waals surface area (Å²) < 4.78 is 66.5. The number of benzene rings is 1. The van der Waals surface area contributed by atoms with Gasteiger partial charge < -0.3 is 19.8 Å². The lowest BCUT2D eigenvalue weighted by atomic mass is 9.77. The fraction of sp³-hybridized carbons (Fsp3) is 0.500. The topological polar surface area (TPSA) is 53.7 Å². The molecular formula is C16H20BF4NO3. The Bertz CT molecular complexity index is 658. The van der Waals surface area contributed by atoms with Gasteiger partial charge in [0.25, 0.3) is 0 Å². The van der Waals surface area contributed by atoms with Gasteiger partial charge in [-0.2, -0.15) is 0 Å². The average Bonchev–Trinajstić information content (AvgIpc) is 2.66. The van der Waals surface area contributed by atoms with Crippen LogP contribution in [-0.4, -0.2) is 31.2 Å². The second-order valence-electron chi connectivity index (χ2n) is 6.74. The molecule has 1 aliphatic heterocycles. The number of hydrogen-bond donors (Lipinski definition) is 1. The van der Waals surface area contributed by atoms with Crippen molar-refractivity contribution in [1.82, 2.24) is 0 Å². The van der Waals surface area contributed by atoms with Crippen LogP contribution in [0.4, 0.5) is 17.6 Å². The maximum absolute atomic E-state index is 14.0. The molecule has 1 fully saturated rings. The van der Waals surface area contributed by atoms with Crippen molar-refractivity contribution in [2.24, 2.45) is 5.73 Å². The van der Waals surface area contributed by atoms with Gasteiger partial charge in [-0.15, -0.1) is 13.2 Å². The molecule has 1 heterocycles. The Hall–Kier alpha value is -1.58. The van der Waals surface area contributed by atoms with E-state index in [1.54, 1.807) is 0 Å². The second kappa shape index (κ2) is 6.62. The summed E-state index contributed by atoms with van der Waals surface area (Å²) in [6.45, 7) is 7.37. The molecule has 0 amide bonds. The van der Waals surface area contributed by atoms with Crippen molar-refractivity contribution in [2.45, 2.75) is 45.3 Å². The number of ether oxygens (including phenoxy) is 1. The molecule has 1 aromatic rings. The van der Waals surface area contributed by atoms with E-state index in [0.717, 1.165) is 18.2 Å². The standard InChI is InChI=1S/C16H20BF4NO3/c1-14(2)15(3,4)25-17(24-14)11(9-22)7-10-8-12(5-6-13(10)18)23-16(19,20)21/h5-8H,9,22H2,1-4H3. The van der Waals surface area contributed by atoms with Gasteiger partial charge >= 0.3 is 13.5 Å². The molecule has 138 valence electrons. The zero-order chi connectivity index (χ0) is 19.0. The Balaban J connectivity index is 2.32. The Labute approximate surface area is 144 Å². The minimum Gasteiger partial charge on any atom is -0.406 e. The van der Waals surface area contributed by atoms with Gasteiger partial charge in [0, 0.05) is 12.1 Å². The predicted octanol–water partition coefficient (Wildman–Crippen LogP) is 3.70. The molecule has 0 saturated carbocycles. The van der Waals surface area contributed by atoms with E-state index in [-0.39, 0.29) is 12.1 Å². The Kier molecular flexibility index (Phi) is 5.23. The van der Waals surface area contributed by atoms with Crippen molar-refractivity contribution in [1.29, 1.82) is 0 Å². The minimum atomic E-state index is -4.86. The molecule has 0 atom stereocenters. The molecule has 0 spiro atoms. The molecule has 4 nitrogen and oxygen atoms in total. The van der Waals surface area contributed by atoms with Crippen LogP contribution in [0.5, 0.6) is 5.75 Å². The van der Waals surface area contributed by atoms with Crippen molar-refractivity contribution in [2.75, 3.05) is 6.54 Å². The third-order valence-corrected chi connectivity index (χ3v) is 4.33. The summed E-state index contributed by atoms with van der Waals surface area (Å²) in [6.07, 6.45) is -3.54. The zero-order valence-electron chi connectivity index (χ0n) is 14.4. The first-order valence-electron chi connectivity index (χ1n) is 7.66. The number of alkyl halides is 3. The van der Waals surface area contributed by atoms with Crippen LogP contribution < -0.4 is 10.5 Å². The highest BCUT2D eigenvalue weighted by Crippen LogP contribution is 2.38. The fourth-order valence-electron chi connectivity index (χ4n) is 2.25. The van der Waals surface area contributed by atoms with E-state index in [2.05, 4.69) is 4.74 Å². The van der Waals surface area contributed by atoms with Crippen LogP contribution in [0.3, 0.4) is 0 Å². The van der Waals surface area contributed by atoms with Crippen LogP contribution >= 0.6 is 0 Å². The summed E-state index contributed by atoms with van der Waals surface area (Å²) in [5, 5.41) is 0. The van der Waals surface area contributed by atoms with Crippen molar-refractivity contribution in [3.63, 3.8) is 0 Å².